The van der Waals surface area contributed by atoms with E-state index in [-0.39, 0.29) is 23.6 Å². The van der Waals surface area contributed by atoms with Crippen molar-refractivity contribution in [2.45, 2.75) is 58.4 Å². The smallest absolute Gasteiger partial charge is 0.272 e. The second kappa shape index (κ2) is 9.12. The lowest BCUT2D eigenvalue weighted by atomic mass is 10.0. The Hall–Kier alpha value is -2.48. The van der Waals surface area contributed by atoms with Crippen LogP contribution in [-0.4, -0.2) is 70.2 Å². The van der Waals surface area contributed by atoms with Gasteiger partial charge in [0.1, 0.15) is 5.82 Å². The Morgan fingerprint density at radius 1 is 1.07 bits per heavy atom. The van der Waals surface area contributed by atoms with Gasteiger partial charge in [-0.05, 0) is 44.4 Å². The van der Waals surface area contributed by atoms with Crippen LogP contribution in [0.3, 0.4) is 0 Å². The van der Waals surface area contributed by atoms with Crippen molar-refractivity contribution in [1.82, 2.24) is 25.0 Å². The van der Waals surface area contributed by atoms with Crippen LogP contribution >= 0.6 is 0 Å². The van der Waals surface area contributed by atoms with Gasteiger partial charge in [-0.15, -0.1) is 0 Å². The molecule has 0 radical (unpaired) electrons. The van der Waals surface area contributed by atoms with E-state index >= 15 is 0 Å². The van der Waals surface area contributed by atoms with Gasteiger partial charge in [-0.3, -0.25) is 9.59 Å². The Kier molecular flexibility index (Phi) is 6.32. The molecule has 4 heterocycles. The highest BCUT2D eigenvalue weighted by Gasteiger charge is 2.25. The van der Waals surface area contributed by atoms with Gasteiger partial charge in [-0.25, -0.2) is 4.98 Å². The number of piperidine rings is 1. The molecule has 0 aliphatic carbocycles. The van der Waals surface area contributed by atoms with E-state index in [1.54, 1.807) is 0 Å². The first-order chi connectivity index (χ1) is 14.6. The summed E-state index contributed by atoms with van der Waals surface area (Å²) < 4.78 is 1.27. The van der Waals surface area contributed by atoms with E-state index in [4.69, 9.17) is 4.98 Å². The molecule has 2 fully saturated rings. The highest BCUT2D eigenvalue weighted by atomic mass is 16.2. The van der Waals surface area contributed by atoms with Crippen molar-refractivity contribution in [3.05, 3.63) is 17.8 Å². The zero-order valence-corrected chi connectivity index (χ0v) is 18.1. The molecule has 1 N–H and O–H groups in total. The summed E-state index contributed by atoms with van der Waals surface area (Å²) in [4.78, 5) is 34.6. The number of anilines is 1. The second-order valence-corrected chi connectivity index (χ2v) is 8.40. The summed E-state index contributed by atoms with van der Waals surface area (Å²) >= 11 is 0. The third-order valence-corrected chi connectivity index (χ3v) is 6.33. The molecular weight excluding hydrogens is 380 g/mol. The van der Waals surface area contributed by atoms with Crippen LogP contribution in [0.4, 0.5) is 5.82 Å². The Bertz CT molecular complexity index is 908. The molecule has 0 unspecified atom stereocenters. The fourth-order valence-corrected chi connectivity index (χ4v) is 4.50. The van der Waals surface area contributed by atoms with Crippen LogP contribution in [0.5, 0.6) is 0 Å². The van der Waals surface area contributed by atoms with Gasteiger partial charge < -0.3 is 15.1 Å². The number of rotatable bonds is 4. The molecule has 2 aliphatic rings. The Balaban J connectivity index is 1.59. The maximum Gasteiger partial charge on any atom is 0.272 e. The molecular formula is C22H32N6O2. The van der Waals surface area contributed by atoms with Gasteiger partial charge in [0.25, 0.3) is 5.91 Å². The number of nitrogens with zero attached hydrogens (tertiary/aromatic N) is 5. The van der Waals surface area contributed by atoms with Gasteiger partial charge in [0.2, 0.25) is 5.91 Å². The largest absolute Gasteiger partial charge is 0.357 e. The van der Waals surface area contributed by atoms with E-state index in [1.165, 1.54) is 24.4 Å². The average molecular weight is 413 g/mol. The van der Waals surface area contributed by atoms with Crippen LogP contribution in [-0.2, 0) is 0 Å². The third kappa shape index (κ3) is 4.33. The lowest BCUT2D eigenvalue weighted by Crippen LogP contribution is -2.44. The fourth-order valence-electron chi connectivity index (χ4n) is 4.50. The van der Waals surface area contributed by atoms with E-state index in [0.29, 0.717) is 11.0 Å². The van der Waals surface area contributed by atoms with E-state index in [2.05, 4.69) is 27.1 Å². The predicted molar refractivity (Wildman–Crippen MR) is 117 cm³/mol. The highest BCUT2D eigenvalue weighted by molar-refractivity contribution is 6.06. The summed E-state index contributed by atoms with van der Waals surface area (Å²) in [5.74, 6) is 0.390. The number of hydrogen-bond acceptors (Lipinski definition) is 6. The minimum atomic E-state index is -0.240. The van der Waals surface area contributed by atoms with Gasteiger partial charge in [0.05, 0.1) is 5.39 Å². The lowest BCUT2D eigenvalue weighted by molar-refractivity contribution is 0.0904. The molecule has 8 heteroatoms. The molecule has 0 saturated carbocycles. The van der Waals surface area contributed by atoms with Crippen molar-refractivity contribution in [2.75, 3.05) is 37.6 Å². The van der Waals surface area contributed by atoms with Gasteiger partial charge in [0, 0.05) is 39.1 Å². The van der Waals surface area contributed by atoms with Gasteiger partial charge >= 0.3 is 0 Å². The van der Waals surface area contributed by atoms with Gasteiger partial charge in [0.15, 0.2) is 11.3 Å². The highest BCUT2D eigenvalue weighted by Crippen LogP contribution is 2.24. The Labute approximate surface area is 177 Å². The Morgan fingerprint density at radius 2 is 1.77 bits per heavy atom. The molecule has 162 valence electrons. The molecule has 4 rings (SSSR count). The van der Waals surface area contributed by atoms with Gasteiger partial charge in [-0.1, -0.05) is 19.8 Å². The summed E-state index contributed by atoms with van der Waals surface area (Å²) in [7, 11) is 0. The zero-order valence-electron chi connectivity index (χ0n) is 18.1. The summed E-state index contributed by atoms with van der Waals surface area (Å²) in [5, 5.41) is 8.11. The predicted octanol–water partition coefficient (Wildman–Crippen LogP) is 2.69. The third-order valence-electron chi connectivity index (χ3n) is 6.33. The molecule has 1 amide bonds. The number of amides is 1. The maximum atomic E-state index is 13.0. The van der Waals surface area contributed by atoms with Crippen molar-refractivity contribution in [2.24, 2.45) is 0 Å². The number of aromatic nitrogens is 3. The molecule has 2 saturated heterocycles. The van der Waals surface area contributed by atoms with E-state index in [1.807, 2.05) is 12.1 Å². The summed E-state index contributed by atoms with van der Waals surface area (Å²) in [6.45, 7) is 8.57. The van der Waals surface area contributed by atoms with Crippen molar-refractivity contribution in [1.29, 1.82) is 0 Å². The summed E-state index contributed by atoms with van der Waals surface area (Å²) in [5.41, 5.74) is 0.753. The SMILES string of the molecule is CCN1CCC(NC(=O)c2nn(C(C)=O)c3nc(N4CCCCCC4)ccc23)CC1. The van der Waals surface area contributed by atoms with Crippen LogP contribution in [0.25, 0.3) is 11.0 Å². The molecule has 0 aromatic carbocycles. The molecule has 2 aromatic rings. The van der Waals surface area contributed by atoms with Crippen LogP contribution in [0, 0.1) is 0 Å². The quantitative estimate of drug-likeness (QED) is 0.831. The number of carbonyl (C=O) groups excluding carboxylic acids is 2. The lowest BCUT2D eigenvalue weighted by Gasteiger charge is -2.31. The first-order valence-electron chi connectivity index (χ1n) is 11.3. The van der Waals surface area contributed by atoms with Gasteiger partial charge in [-0.2, -0.15) is 9.78 Å². The monoisotopic (exact) mass is 412 g/mol. The van der Waals surface area contributed by atoms with Crippen molar-refractivity contribution in [3.8, 4) is 0 Å². The molecule has 2 aliphatic heterocycles. The minimum Gasteiger partial charge on any atom is -0.357 e. The van der Waals surface area contributed by atoms with Crippen LogP contribution in [0.15, 0.2) is 12.1 Å². The molecule has 0 atom stereocenters. The van der Waals surface area contributed by atoms with Crippen molar-refractivity contribution in [3.63, 3.8) is 0 Å². The number of fused-ring (bicyclic) bond motifs is 1. The minimum absolute atomic E-state index is 0.141. The summed E-state index contributed by atoms with van der Waals surface area (Å²) in [6, 6.07) is 3.99. The number of pyridine rings is 1. The molecule has 8 nitrogen and oxygen atoms in total. The number of carbonyl (C=O) groups is 2. The normalized spacial score (nSPS) is 19.1. The zero-order chi connectivity index (χ0) is 21.1. The van der Waals surface area contributed by atoms with E-state index in [9.17, 15) is 9.59 Å². The maximum absolute atomic E-state index is 13.0. The first kappa shape index (κ1) is 20.8. The van der Waals surface area contributed by atoms with Crippen LogP contribution in [0.1, 0.15) is 67.7 Å². The van der Waals surface area contributed by atoms with E-state index < -0.39 is 0 Å². The van der Waals surface area contributed by atoms with Crippen molar-refractivity contribution < 1.29 is 9.59 Å². The average Bonchev–Trinajstić information content (AvgIpc) is 2.93. The number of likely N-dealkylation sites (tertiary alicyclic amines) is 1. The van der Waals surface area contributed by atoms with Crippen LogP contribution < -0.4 is 10.2 Å². The van der Waals surface area contributed by atoms with Crippen molar-refractivity contribution >= 4 is 28.7 Å². The first-order valence-corrected chi connectivity index (χ1v) is 11.3. The Morgan fingerprint density at radius 3 is 2.40 bits per heavy atom. The number of hydrogen-bond donors (Lipinski definition) is 1. The number of nitrogens with one attached hydrogen (secondary N) is 1. The summed E-state index contributed by atoms with van der Waals surface area (Å²) in [6.07, 6.45) is 6.65. The van der Waals surface area contributed by atoms with E-state index in [0.717, 1.165) is 64.2 Å². The molecule has 0 spiro atoms. The van der Waals surface area contributed by atoms with Crippen LogP contribution in [0.2, 0.25) is 0 Å². The topological polar surface area (TPSA) is 83.4 Å². The standard InChI is InChI=1S/C22H32N6O2/c1-3-26-14-10-17(11-15-26)23-22(30)20-18-8-9-19(27-12-6-4-5-7-13-27)24-21(18)28(25-20)16(2)29/h8-9,17H,3-7,10-15H2,1-2H3,(H,23,30). The molecule has 0 bridgehead atoms. The molecule has 30 heavy (non-hydrogen) atoms. The second-order valence-electron chi connectivity index (χ2n) is 8.40. The fraction of sp³-hybridized carbons (Fsp3) is 0.636. The molecule has 2 aromatic heterocycles.